The average molecular weight is 222 g/mol. The van der Waals surface area contributed by atoms with Crippen molar-refractivity contribution in [2.75, 3.05) is 25.0 Å². The lowest BCUT2D eigenvalue weighted by Gasteiger charge is -2.33. The molecule has 0 saturated heterocycles. The summed E-state index contributed by atoms with van der Waals surface area (Å²) in [6.45, 7) is 5.97. The summed E-state index contributed by atoms with van der Waals surface area (Å²) in [6, 6.07) is 7.25. The Balaban J connectivity index is 2.71. The lowest BCUT2D eigenvalue weighted by atomic mass is 9.87. The monoisotopic (exact) mass is 222 g/mol. The highest BCUT2D eigenvalue weighted by atomic mass is 16.3. The molecule has 16 heavy (non-hydrogen) atoms. The van der Waals surface area contributed by atoms with Crippen LogP contribution in [-0.2, 0) is 0 Å². The Hall–Kier alpha value is -1.22. The number of hydrogen-bond acceptors (Lipinski definition) is 3. The fourth-order valence-corrected chi connectivity index (χ4v) is 1.69. The summed E-state index contributed by atoms with van der Waals surface area (Å²) >= 11 is 0. The predicted molar refractivity (Wildman–Crippen MR) is 68.8 cm³/mol. The van der Waals surface area contributed by atoms with Gasteiger partial charge in [-0.3, -0.25) is 0 Å². The molecule has 90 valence electrons. The summed E-state index contributed by atoms with van der Waals surface area (Å²) < 4.78 is 0. The first-order chi connectivity index (χ1) is 7.50. The lowest BCUT2D eigenvalue weighted by Crippen LogP contribution is -2.38. The standard InChI is InChI=1S/C13H22N2O/c1-4-13(2,9-14)10-15(3)11-5-7-12(16)8-6-11/h5-8,16H,4,9-10,14H2,1-3H3. The van der Waals surface area contributed by atoms with Gasteiger partial charge in [-0.15, -0.1) is 0 Å². The molecule has 0 aliphatic carbocycles. The fraction of sp³-hybridized carbons (Fsp3) is 0.538. The van der Waals surface area contributed by atoms with E-state index < -0.39 is 0 Å². The molecule has 1 aromatic rings. The maximum absolute atomic E-state index is 9.22. The van der Waals surface area contributed by atoms with Crippen molar-refractivity contribution in [1.29, 1.82) is 0 Å². The van der Waals surface area contributed by atoms with E-state index in [-0.39, 0.29) is 5.41 Å². The van der Waals surface area contributed by atoms with Gasteiger partial charge in [-0.25, -0.2) is 0 Å². The Morgan fingerprint density at radius 2 is 1.88 bits per heavy atom. The SMILES string of the molecule is CCC(C)(CN)CN(C)c1ccc(O)cc1. The Bertz CT molecular complexity index is 317. The second-order valence-corrected chi connectivity index (χ2v) is 4.74. The van der Waals surface area contributed by atoms with Crippen LogP contribution < -0.4 is 10.6 Å². The van der Waals surface area contributed by atoms with Gasteiger partial charge in [0.25, 0.3) is 0 Å². The second-order valence-electron chi connectivity index (χ2n) is 4.74. The van der Waals surface area contributed by atoms with Gasteiger partial charge < -0.3 is 15.7 Å². The van der Waals surface area contributed by atoms with E-state index in [2.05, 4.69) is 25.8 Å². The summed E-state index contributed by atoms with van der Waals surface area (Å²) in [5.41, 5.74) is 7.05. The molecular weight excluding hydrogens is 200 g/mol. The molecule has 0 bridgehead atoms. The van der Waals surface area contributed by atoms with Gasteiger partial charge in [0, 0.05) is 19.3 Å². The Kier molecular flexibility index (Phi) is 4.19. The smallest absolute Gasteiger partial charge is 0.115 e. The normalized spacial score (nSPS) is 14.5. The number of anilines is 1. The number of nitrogens with zero attached hydrogens (tertiary/aromatic N) is 1. The first-order valence-electron chi connectivity index (χ1n) is 5.71. The van der Waals surface area contributed by atoms with Crippen molar-refractivity contribution in [2.24, 2.45) is 11.1 Å². The third kappa shape index (κ3) is 3.14. The molecule has 0 aromatic heterocycles. The summed E-state index contributed by atoms with van der Waals surface area (Å²) in [5, 5.41) is 9.22. The van der Waals surface area contributed by atoms with Crippen molar-refractivity contribution < 1.29 is 5.11 Å². The molecule has 0 fully saturated rings. The van der Waals surface area contributed by atoms with Crippen LogP contribution in [0.4, 0.5) is 5.69 Å². The molecule has 3 nitrogen and oxygen atoms in total. The van der Waals surface area contributed by atoms with Crippen LogP contribution in [-0.4, -0.2) is 25.2 Å². The maximum atomic E-state index is 9.22. The quantitative estimate of drug-likeness (QED) is 0.803. The zero-order valence-corrected chi connectivity index (χ0v) is 10.4. The minimum Gasteiger partial charge on any atom is -0.508 e. The van der Waals surface area contributed by atoms with E-state index in [1.165, 1.54) is 0 Å². The minimum atomic E-state index is 0.145. The van der Waals surface area contributed by atoms with Crippen molar-refractivity contribution in [1.82, 2.24) is 0 Å². The number of rotatable bonds is 5. The van der Waals surface area contributed by atoms with Crippen LogP contribution in [0.3, 0.4) is 0 Å². The molecule has 0 saturated carbocycles. The van der Waals surface area contributed by atoms with Crippen molar-refractivity contribution in [3.05, 3.63) is 24.3 Å². The zero-order chi connectivity index (χ0) is 12.2. The first-order valence-corrected chi connectivity index (χ1v) is 5.71. The molecular formula is C13H22N2O. The van der Waals surface area contributed by atoms with Crippen molar-refractivity contribution >= 4 is 5.69 Å². The Labute approximate surface area is 97.9 Å². The lowest BCUT2D eigenvalue weighted by molar-refractivity contribution is 0.330. The van der Waals surface area contributed by atoms with Gasteiger partial charge in [0.15, 0.2) is 0 Å². The van der Waals surface area contributed by atoms with Crippen LogP contribution in [0.2, 0.25) is 0 Å². The van der Waals surface area contributed by atoms with Gasteiger partial charge in [-0.2, -0.15) is 0 Å². The minimum absolute atomic E-state index is 0.145. The third-order valence-electron chi connectivity index (χ3n) is 3.26. The molecule has 1 unspecified atom stereocenters. The molecule has 0 spiro atoms. The summed E-state index contributed by atoms with van der Waals surface area (Å²) in [7, 11) is 2.05. The summed E-state index contributed by atoms with van der Waals surface area (Å²) in [6.07, 6.45) is 1.06. The maximum Gasteiger partial charge on any atom is 0.115 e. The summed E-state index contributed by atoms with van der Waals surface area (Å²) in [5.74, 6) is 0.300. The molecule has 3 N–H and O–H groups in total. The molecule has 0 aliphatic rings. The second kappa shape index (κ2) is 5.21. The van der Waals surface area contributed by atoms with Gasteiger partial charge in [0.05, 0.1) is 0 Å². The molecule has 1 rings (SSSR count). The van der Waals surface area contributed by atoms with Gasteiger partial charge in [0.2, 0.25) is 0 Å². The van der Waals surface area contributed by atoms with Crippen molar-refractivity contribution in [3.8, 4) is 5.75 Å². The molecule has 3 heteroatoms. The van der Waals surface area contributed by atoms with Crippen LogP contribution in [0.1, 0.15) is 20.3 Å². The predicted octanol–water partition coefficient (Wildman–Crippen LogP) is 2.20. The van der Waals surface area contributed by atoms with E-state index in [0.717, 1.165) is 18.7 Å². The van der Waals surface area contributed by atoms with Crippen molar-refractivity contribution in [3.63, 3.8) is 0 Å². The van der Waals surface area contributed by atoms with E-state index in [0.29, 0.717) is 12.3 Å². The van der Waals surface area contributed by atoms with Gasteiger partial charge in [-0.05, 0) is 42.6 Å². The van der Waals surface area contributed by atoms with Crippen LogP contribution in [0.15, 0.2) is 24.3 Å². The van der Waals surface area contributed by atoms with E-state index in [1.54, 1.807) is 12.1 Å². The molecule has 0 heterocycles. The molecule has 0 aliphatic heterocycles. The van der Waals surface area contributed by atoms with E-state index in [9.17, 15) is 5.11 Å². The number of phenols is 1. The summed E-state index contributed by atoms with van der Waals surface area (Å²) in [4.78, 5) is 2.18. The number of benzene rings is 1. The number of phenolic OH excluding ortho intramolecular Hbond substituents is 1. The fourth-order valence-electron chi connectivity index (χ4n) is 1.69. The van der Waals surface area contributed by atoms with Gasteiger partial charge >= 0.3 is 0 Å². The van der Waals surface area contributed by atoms with Crippen LogP contribution in [0, 0.1) is 5.41 Å². The highest BCUT2D eigenvalue weighted by Crippen LogP contribution is 2.24. The van der Waals surface area contributed by atoms with Crippen LogP contribution >= 0.6 is 0 Å². The van der Waals surface area contributed by atoms with E-state index >= 15 is 0 Å². The Morgan fingerprint density at radius 3 is 2.31 bits per heavy atom. The van der Waals surface area contributed by atoms with Crippen molar-refractivity contribution in [2.45, 2.75) is 20.3 Å². The molecule has 1 aromatic carbocycles. The van der Waals surface area contributed by atoms with Gasteiger partial charge in [0.1, 0.15) is 5.75 Å². The van der Waals surface area contributed by atoms with Crippen LogP contribution in [0.5, 0.6) is 5.75 Å². The largest absolute Gasteiger partial charge is 0.508 e. The number of nitrogens with two attached hydrogens (primary N) is 1. The number of aromatic hydroxyl groups is 1. The molecule has 1 atom stereocenters. The number of hydrogen-bond donors (Lipinski definition) is 2. The zero-order valence-electron chi connectivity index (χ0n) is 10.4. The molecule has 0 radical (unpaired) electrons. The first kappa shape index (κ1) is 12.8. The van der Waals surface area contributed by atoms with E-state index in [1.807, 2.05) is 12.1 Å². The van der Waals surface area contributed by atoms with Crippen LogP contribution in [0.25, 0.3) is 0 Å². The van der Waals surface area contributed by atoms with Gasteiger partial charge in [-0.1, -0.05) is 13.8 Å². The van der Waals surface area contributed by atoms with E-state index in [4.69, 9.17) is 5.73 Å². The Morgan fingerprint density at radius 1 is 1.31 bits per heavy atom. The third-order valence-corrected chi connectivity index (χ3v) is 3.26. The molecule has 0 amide bonds. The highest BCUT2D eigenvalue weighted by molar-refractivity contribution is 5.48. The average Bonchev–Trinajstić information content (AvgIpc) is 2.29. The highest BCUT2D eigenvalue weighted by Gasteiger charge is 2.22. The topological polar surface area (TPSA) is 49.5 Å².